The predicted molar refractivity (Wildman–Crippen MR) is 64.7 cm³/mol. The Hall–Kier alpha value is -0.930. The molecule has 0 N–H and O–H groups in total. The van der Waals surface area contributed by atoms with Crippen LogP contribution in [0.3, 0.4) is 0 Å². The van der Waals surface area contributed by atoms with Crippen LogP contribution in [0.15, 0.2) is 30.5 Å². The van der Waals surface area contributed by atoms with Crippen molar-refractivity contribution in [3.05, 3.63) is 41.6 Å². The van der Waals surface area contributed by atoms with E-state index in [9.17, 15) is 0 Å². The van der Waals surface area contributed by atoms with Crippen LogP contribution < -0.4 is 0 Å². The number of thioether (sulfide) groups is 1. The Balaban J connectivity index is 2.47. The van der Waals surface area contributed by atoms with Crippen molar-refractivity contribution in [1.29, 1.82) is 0 Å². The van der Waals surface area contributed by atoms with E-state index in [1.165, 1.54) is 16.5 Å². The highest BCUT2D eigenvalue weighted by atomic mass is 32.2. The third kappa shape index (κ3) is 1.09. The van der Waals surface area contributed by atoms with Crippen LogP contribution in [0.2, 0.25) is 0 Å². The molecule has 0 fully saturated rings. The summed E-state index contributed by atoms with van der Waals surface area (Å²) in [5, 5.41) is 1.19. The van der Waals surface area contributed by atoms with E-state index in [4.69, 9.17) is 12.2 Å². The molecule has 1 aromatic carbocycles. The molecule has 1 nitrogen and oxygen atoms in total. The Kier molecular flexibility index (Phi) is 1.82. The molecule has 68 valence electrons. The van der Waals surface area contributed by atoms with E-state index in [2.05, 4.69) is 11.1 Å². The first-order chi connectivity index (χ1) is 6.86. The standard InChI is InChI=1S/C11H7NS2/c13-11-10-7(6-14-11)5-12-9-4-2-1-3-8(9)10/h1-5H,6H2. The minimum absolute atomic E-state index is 0.978. The number of thiocarbonyl (C=S) groups is 1. The van der Waals surface area contributed by atoms with Gasteiger partial charge < -0.3 is 0 Å². The maximum atomic E-state index is 5.34. The number of para-hydroxylation sites is 1. The van der Waals surface area contributed by atoms with Crippen molar-refractivity contribution in [1.82, 2.24) is 4.98 Å². The van der Waals surface area contributed by atoms with Gasteiger partial charge in [0, 0.05) is 22.9 Å². The fourth-order valence-electron chi connectivity index (χ4n) is 1.75. The predicted octanol–water partition coefficient (Wildman–Crippen LogP) is 3.16. The summed E-state index contributed by atoms with van der Waals surface area (Å²) in [5.74, 6) is 0.978. The molecule has 0 amide bonds. The Morgan fingerprint density at radius 2 is 2.14 bits per heavy atom. The van der Waals surface area contributed by atoms with E-state index in [1.54, 1.807) is 11.8 Å². The van der Waals surface area contributed by atoms with E-state index >= 15 is 0 Å². The topological polar surface area (TPSA) is 12.9 Å². The second-order valence-electron chi connectivity index (χ2n) is 3.25. The maximum Gasteiger partial charge on any atom is 0.0792 e. The summed E-state index contributed by atoms with van der Waals surface area (Å²) in [6.07, 6.45) is 1.95. The van der Waals surface area contributed by atoms with Crippen molar-refractivity contribution in [2.45, 2.75) is 5.75 Å². The monoisotopic (exact) mass is 217 g/mol. The first-order valence-electron chi connectivity index (χ1n) is 4.40. The van der Waals surface area contributed by atoms with Crippen molar-refractivity contribution in [3.8, 4) is 0 Å². The highest BCUT2D eigenvalue weighted by Gasteiger charge is 2.19. The zero-order valence-electron chi connectivity index (χ0n) is 7.36. The van der Waals surface area contributed by atoms with Gasteiger partial charge in [-0.3, -0.25) is 4.98 Å². The summed E-state index contributed by atoms with van der Waals surface area (Å²) >= 11 is 7.07. The van der Waals surface area contributed by atoms with Gasteiger partial charge in [0.1, 0.15) is 0 Å². The van der Waals surface area contributed by atoms with Gasteiger partial charge >= 0.3 is 0 Å². The van der Waals surface area contributed by atoms with Crippen LogP contribution in [0.1, 0.15) is 11.1 Å². The molecule has 0 spiro atoms. The zero-order valence-corrected chi connectivity index (χ0v) is 8.99. The molecule has 3 heteroatoms. The normalized spacial score (nSPS) is 14.7. The smallest absolute Gasteiger partial charge is 0.0792 e. The van der Waals surface area contributed by atoms with Crippen molar-refractivity contribution < 1.29 is 0 Å². The molecule has 3 rings (SSSR count). The quantitative estimate of drug-likeness (QED) is 0.629. The molecular formula is C11H7NS2. The van der Waals surface area contributed by atoms with Crippen LogP contribution >= 0.6 is 24.0 Å². The number of hydrogen-bond acceptors (Lipinski definition) is 3. The summed E-state index contributed by atoms with van der Waals surface area (Å²) in [6, 6.07) is 8.17. The Bertz CT molecular complexity index is 534. The fraction of sp³-hybridized carbons (Fsp3) is 0.0909. The summed E-state index contributed by atoms with van der Waals surface area (Å²) in [5.41, 5.74) is 3.55. The van der Waals surface area contributed by atoms with Crippen molar-refractivity contribution >= 4 is 39.1 Å². The number of aromatic nitrogens is 1. The highest BCUT2D eigenvalue weighted by Crippen LogP contribution is 2.34. The molecule has 2 heterocycles. The summed E-state index contributed by atoms with van der Waals surface area (Å²) < 4.78 is 1.01. The third-order valence-electron chi connectivity index (χ3n) is 2.42. The molecule has 1 aromatic heterocycles. The maximum absolute atomic E-state index is 5.34. The molecule has 0 saturated heterocycles. The van der Waals surface area contributed by atoms with Gasteiger partial charge in [-0.05, 0) is 11.6 Å². The Morgan fingerprint density at radius 1 is 1.29 bits per heavy atom. The van der Waals surface area contributed by atoms with Crippen LogP contribution in [0.4, 0.5) is 0 Å². The number of pyridine rings is 1. The van der Waals surface area contributed by atoms with Gasteiger partial charge in [0.25, 0.3) is 0 Å². The number of rotatable bonds is 0. The van der Waals surface area contributed by atoms with Gasteiger partial charge in [0.2, 0.25) is 0 Å². The minimum Gasteiger partial charge on any atom is -0.256 e. The van der Waals surface area contributed by atoms with Gasteiger partial charge in [-0.1, -0.05) is 30.4 Å². The lowest BCUT2D eigenvalue weighted by Gasteiger charge is -2.02. The van der Waals surface area contributed by atoms with Gasteiger partial charge in [-0.2, -0.15) is 0 Å². The second-order valence-corrected chi connectivity index (χ2v) is 4.90. The van der Waals surface area contributed by atoms with E-state index in [0.717, 1.165) is 15.5 Å². The molecule has 0 aliphatic carbocycles. The molecule has 14 heavy (non-hydrogen) atoms. The highest BCUT2D eigenvalue weighted by molar-refractivity contribution is 8.23. The molecule has 2 aromatic rings. The van der Waals surface area contributed by atoms with Gasteiger partial charge in [0.15, 0.2) is 0 Å². The number of benzene rings is 1. The number of hydrogen-bond donors (Lipinski definition) is 0. The summed E-state index contributed by atoms with van der Waals surface area (Å²) in [6.45, 7) is 0. The molecular weight excluding hydrogens is 210 g/mol. The molecule has 0 saturated carbocycles. The van der Waals surface area contributed by atoms with Crippen LogP contribution in [0, 0.1) is 0 Å². The molecule has 1 aliphatic heterocycles. The molecule has 0 bridgehead atoms. The largest absolute Gasteiger partial charge is 0.256 e. The average molecular weight is 217 g/mol. The third-order valence-corrected chi connectivity index (χ3v) is 3.90. The number of nitrogens with zero attached hydrogens (tertiary/aromatic N) is 1. The first kappa shape index (κ1) is 8.38. The van der Waals surface area contributed by atoms with Crippen LogP contribution in [-0.2, 0) is 5.75 Å². The van der Waals surface area contributed by atoms with Crippen LogP contribution in [0.25, 0.3) is 10.9 Å². The zero-order chi connectivity index (χ0) is 9.54. The fourth-order valence-corrected chi connectivity index (χ4v) is 3.06. The van der Waals surface area contributed by atoms with Crippen LogP contribution in [0.5, 0.6) is 0 Å². The lowest BCUT2D eigenvalue weighted by molar-refractivity contribution is 1.31. The lowest BCUT2D eigenvalue weighted by Crippen LogP contribution is -1.91. The number of fused-ring (bicyclic) bond motifs is 3. The van der Waals surface area contributed by atoms with Gasteiger partial charge in [-0.25, -0.2) is 0 Å². The van der Waals surface area contributed by atoms with E-state index in [0.29, 0.717) is 0 Å². The molecule has 1 aliphatic rings. The summed E-state index contributed by atoms with van der Waals surface area (Å²) in [7, 11) is 0. The van der Waals surface area contributed by atoms with Crippen molar-refractivity contribution in [2.24, 2.45) is 0 Å². The van der Waals surface area contributed by atoms with E-state index in [-0.39, 0.29) is 0 Å². The first-order valence-corrected chi connectivity index (χ1v) is 5.79. The molecule has 0 atom stereocenters. The molecule has 0 unspecified atom stereocenters. The molecule has 0 radical (unpaired) electrons. The van der Waals surface area contributed by atoms with E-state index in [1.807, 2.05) is 24.4 Å². The second kappa shape index (κ2) is 3.04. The Morgan fingerprint density at radius 3 is 3.07 bits per heavy atom. The van der Waals surface area contributed by atoms with Crippen molar-refractivity contribution in [3.63, 3.8) is 0 Å². The van der Waals surface area contributed by atoms with Crippen molar-refractivity contribution in [2.75, 3.05) is 0 Å². The minimum atomic E-state index is 0.978. The van der Waals surface area contributed by atoms with Crippen LogP contribution in [-0.4, -0.2) is 9.18 Å². The lowest BCUT2D eigenvalue weighted by atomic mass is 10.1. The summed E-state index contributed by atoms with van der Waals surface area (Å²) in [4.78, 5) is 4.41. The SMILES string of the molecule is S=C1SCc2cnc3ccccc3c21. The van der Waals surface area contributed by atoms with Gasteiger partial charge in [0.05, 0.1) is 9.71 Å². The van der Waals surface area contributed by atoms with E-state index < -0.39 is 0 Å². The average Bonchev–Trinajstić information content (AvgIpc) is 2.61. The Labute approximate surface area is 91.5 Å². The van der Waals surface area contributed by atoms with Gasteiger partial charge in [-0.15, -0.1) is 11.8 Å².